The van der Waals surface area contributed by atoms with Gasteiger partial charge in [0, 0.05) is 24.5 Å². The highest BCUT2D eigenvalue weighted by atomic mass is 32.1. The number of aryl methyl sites for hydroxylation is 1. The number of fused-ring (bicyclic) bond motifs is 1. The molecule has 0 spiro atoms. The van der Waals surface area contributed by atoms with Gasteiger partial charge in [-0.2, -0.15) is 4.98 Å². The van der Waals surface area contributed by atoms with Gasteiger partial charge in [0.25, 0.3) is 0 Å². The smallest absolute Gasteiger partial charge is 0.226 e. The molecule has 1 saturated heterocycles. The van der Waals surface area contributed by atoms with Gasteiger partial charge in [-0.1, -0.05) is 13.8 Å². The summed E-state index contributed by atoms with van der Waals surface area (Å²) in [6.45, 7) is 9.70. The summed E-state index contributed by atoms with van der Waals surface area (Å²) in [5, 5.41) is 4.50. The van der Waals surface area contributed by atoms with E-state index in [1.807, 2.05) is 0 Å². The fraction of sp³-hybridized carbons (Fsp3) is 0.625. The zero-order chi connectivity index (χ0) is 14.8. The zero-order valence-electron chi connectivity index (χ0n) is 13.1. The Kier molecular flexibility index (Phi) is 4.29. The van der Waals surface area contributed by atoms with Gasteiger partial charge >= 0.3 is 0 Å². The molecule has 0 saturated carbocycles. The van der Waals surface area contributed by atoms with E-state index in [0.29, 0.717) is 0 Å². The maximum Gasteiger partial charge on any atom is 0.226 e. The van der Waals surface area contributed by atoms with Crippen LogP contribution in [0.4, 0.5) is 11.8 Å². The Hall–Kier alpha value is -1.36. The van der Waals surface area contributed by atoms with Gasteiger partial charge in [-0.05, 0) is 38.2 Å². The Morgan fingerprint density at radius 2 is 2.05 bits per heavy atom. The third kappa shape index (κ3) is 2.98. The van der Waals surface area contributed by atoms with Crippen molar-refractivity contribution >= 4 is 33.3 Å². The van der Waals surface area contributed by atoms with E-state index in [1.54, 1.807) is 11.3 Å². The second-order valence-corrected chi connectivity index (χ2v) is 6.97. The maximum atomic E-state index is 4.80. The number of piperidine rings is 1. The minimum absolute atomic E-state index is 0.767. The lowest BCUT2D eigenvalue weighted by molar-refractivity contribution is 0.437. The molecule has 2 aromatic heterocycles. The van der Waals surface area contributed by atoms with E-state index < -0.39 is 0 Å². The van der Waals surface area contributed by atoms with Gasteiger partial charge in [0.2, 0.25) is 5.95 Å². The number of anilines is 2. The van der Waals surface area contributed by atoms with Crippen molar-refractivity contribution in [1.82, 2.24) is 9.97 Å². The number of nitrogens with one attached hydrogen (secondary N) is 1. The molecule has 1 aliphatic rings. The second kappa shape index (κ2) is 6.18. The molecule has 1 N–H and O–H groups in total. The minimum Gasteiger partial charge on any atom is -0.356 e. The summed E-state index contributed by atoms with van der Waals surface area (Å²) in [6, 6.07) is 2.28. The molecule has 114 valence electrons. The van der Waals surface area contributed by atoms with Crippen LogP contribution in [0.3, 0.4) is 0 Å². The normalized spacial score (nSPS) is 16.6. The third-order valence-electron chi connectivity index (χ3n) is 4.19. The molecule has 2 aromatic rings. The molecule has 0 aliphatic carbocycles. The van der Waals surface area contributed by atoms with Gasteiger partial charge in [0.1, 0.15) is 10.6 Å². The lowest BCUT2D eigenvalue weighted by Crippen LogP contribution is -2.33. The van der Waals surface area contributed by atoms with Gasteiger partial charge < -0.3 is 10.2 Å². The third-order valence-corrected chi connectivity index (χ3v) is 5.36. The first-order valence-electron chi connectivity index (χ1n) is 8.00. The van der Waals surface area contributed by atoms with Crippen LogP contribution in [0.2, 0.25) is 0 Å². The predicted octanol–water partition coefficient (Wildman–Crippen LogP) is 3.92. The Bertz CT molecular complexity index is 614. The summed E-state index contributed by atoms with van der Waals surface area (Å²) in [6.07, 6.45) is 3.58. The van der Waals surface area contributed by atoms with E-state index in [4.69, 9.17) is 4.98 Å². The molecule has 1 aliphatic heterocycles. The molecule has 0 aromatic carbocycles. The molecule has 1 fully saturated rings. The van der Waals surface area contributed by atoms with Crippen LogP contribution < -0.4 is 10.2 Å². The van der Waals surface area contributed by atoms with Crippen molar-refractivity contribution < 1.29 is 0 Å². The molecule has 0 radical (unpaired) electrons. The van der Waals surface area contributed by atoms with Crippen LogP contribution in [0.1, 0.15) is 38.5 Å². The van der Waals surface area contributed by atoms with Crippen LogP contribution >= 0.6 is 11.3 Å². The largest absolute Gasteiger partial charge is 0.356 e. The summed E-state index contributed by atoms with van der Waals surface area (Å²) < 4.78 is 0. The number of hydrogen-bond acceptors (Lipinski definition) is 5. The van der Waals surface area contributed by atoms with Crippen molar-refractivity contribution in [3.05, 3.63) is 10.9 Å². The highest BCUT2D eigenvalue weighted by molar-refractivity contribution is 7.18. The quantitative estimate of drug-likeness (QED) is 0.929. The first-order valence-corrected chi connectivity index (χ1v) is 8.82. The van der Waals surface area contributed by atoms with Crippen LogP contribution in [0, 0.1) is 5.92 Å². The standard InChI is InChI=1S/C16H24N4S/c1-4-12-10-13-14(20-8-6-11(3)7-9-20)18-16(17-5-2)19-15(13)21-12/h10-11H,4-9H2,1-3H3,(H,17,18,19). The van der Waals surface area contributed by atoms with E-state index in [-0.39, 0.29) is 0 Å². The molecule has 3 rings (SSSR count). The van der Waals surface area contributed by atoms with Crippen LogP contribution in [-0.4, -0.2) is 29.6 Å². The lowest BCUT2D eigenvalue weighted by atomic mass is 9.99. The summed E-state index contributed by atoms with van der Waals surface area (Å²) >= 11 is 1.80. The van der Waals surface area contributed by atoms with Crippen molar-refractivity contribution in [1.29, 1.82) is 0 Å². The molecular weight excluding hydrogens is 280 g/mol. The van der Waals surface area contributed by atoms with Gasteiger partial charge in [0.05, 0.1) is 5.39 Å². The molecule has 0 bridgehead atoms. The van der Waals surface area contributed by atoms with Gasteiger partial charge in [-0.25, -0.2) is 4.98 Å². The summed E-state index contributed by atoms with van der Waals surface area (Å²) in [5.41, 5.74) is 0. The lowest BCUT2D eigenvalue weighted by Gasteiger charge is -2.31. The van der Waals surface area contributed by atoms with Crippen molar-refractivity contribution in [3.63, 3.8) is 0 Å². The molecule has 5 heteroatoms. The van der Waals surface area contributed by atoms with Gasteiger partial charge in [0.15, 0.2) is 0 Å². The fourth-order valence-electron chi connectivity index (χ4n) is 2.83. The Morgan fingerprint density at radius 1 is 1.29 bits per heavy atom. The number of thiophene rings is 1. The molecular formula is C16H24N4S. The second-order valence-electron chi connectivity index (χ2n) is 5.86. The average Bonchev–Trinajstić information content (AvgIpc) is 2.91. The molecule has 0 amide bonds. The van der Waals surface area contributed by atoms with Crippen molar-refractivity contribution in [2.24, 2.45) is 5.92 Å². The number of nitrogens with zero attached hydrogens (tertiary/aromatic N) is 3. The van der Waals surface area contributed by atoms with Gasteiger partial charge in [-0.3, -0.25) is 0 Å². The van der Waals surface area contributed by atoms with E-state index in [1.165, 1.54) is 23.1 Å². The average molecular weight is 304 g/mol. The van der Waals surface area contributed by atoms with Crippen LogP contribution in [0.5, 0.6) is 0 Å². The van der Waals surface area contributed by atoms with E-state index in [9.17, 15) is 0 Å². The number of rotatable bonds is 4. The molecule has 21 heavy (non-hydrogen) atoms. The van der Waals surface area contributed by atoms with Gasteiger partial charge in [-0.15, -0.1) is 11.3 Å². The molecule has 4 nitrogen and oxygen atoms in total. The molecule has 0 atom stereocenters. The molecule has 0 unspecified atom stereocenters. The minimum atomic E-state index is 0.767. The molecule has 3 heterocycles. The first-order chi connectivity index (χ1) is 10.2. The zero-order valence-corrected chi connectivity index (χ0v) is 14.0. The van der Waals surface area contributed by atoms with Crippen molar-refractivity contribution in [3.8, 4) is 0 Å². The Labute approximate surface area is 130 Å². The van der Waals surface area contributed by atoms with Crippen molar-refractivity contribution in [2.45, 2.75) is 40.0 Å². The summed E-state index contributed by atoms with van der Waals surface area (Å²) in [5.74, 6) is 2.72. The van der Waals surface area contributed by atoms with Crippen LogP contribution in [0.25, 0.3) is 10.2 Å². The summed E-state index contributed by atoms with van der Waals surface area (Å²) in [7, 11) is 0. The first kappa shape index (κ1) is 14.6. The van der Waals surface area contributed by atoms with Crippen molar-refractivity contribution in [2.75, 3.05) is 29.9 Å². The van der Waals surface area contributed by atoms with E-state index >= 15 is 0 Å². The Morgan fingerprint density at radius 3 is 2.71 bits per heavy atom. The monoisotopic (exact) mass is 304 g/mol. The van der Waals surface area contributed by atoms with Crippen LogP contribution in [-0.2, 0) is 6.42 Å². The summed E-state index contributed by atoms with van der Waals surface area (Å²) in [4.78, 5) is 14.4. The highest BCUT2D eigenvalue weighted by Gasteiger charge is 2.21. The SMILES string of the molecule is CCNc1nc(N2CCC(C)CC2)c2cc(CC)sc2n1. The Balaban J connectivity index is 2.03. The topological polar surface area (TPSA) is 41.1 Å². The number of aromatic nitrogens is 2. The fourth-order valence-corrected chi connectivity index (χ4v) is 3.79. The highest BCUT2D eigenvalue weighted by Crippen LogP contribution is 2.34. The number of hydrogen-bond donors (Lipinski definition) is 1. The van der Waals surface area contributed by atoms with Crippen LogP contribution in [0.15, 0.2) is 6.07 Å². The maximum absolute atomic E-state index is 4.80. The predicted molar refractivity (Wildman–Crippen MR) is 91.6 cm³/mol. The van der Waals surface area contributed by atoms with E-state index in [0.717, 1.165) is 48.6 Å². The van der Waals surface area contributed by atoms with E-state index in [2.05, 4.69) is 42.0 Å².